The molecule has 1 aromatic rings. The van der Waals surface area contributed by atoms with Gasteiger partial charge in [-0.05, 0) is 29.0 Å². The molecule has 72 valence electrons. The van der Waals surface area contributed by atoms with E-state index in [0.29, 0.717) is 11.8 Å². The van der Waals surface area contributed by atoms with E-state index in [1.54, 1.807) is 0 Å². The largest absolute Gasteiger partial charge is 0.324 e. The first-order valence-corrected chi connectivity index (χ1v) is 5.51. The SMILES string of the molecule is NCc1nnnn1CC1CCCS1. The minimum atomic E-state index is 0.421. The van der Waals surface area contributed by atoms with Crippen LogP contribution in [0, 0.1) is 0 Å². The van der Waals surface area contributed by atoms with Crippen molar-refractivity contribution in [1.82, 2.24) is 20.2 Å². The van der Waals surface area contributed by atoms with Crippen LogP contribution in [0.5, 0.6) is 0 Å². The highest BCUT2D eigenvalue weighted by Crippen LogP contribution is 2.27. The van der Waals surface area contributed by atoms with Gasteiger partial charge >= 0.3 is 0 Å². The maximum Gasteiger partial charge on any atom is 0.164 e. The van der Waals surface area contributed by atoms with E-state index in [9.17, 15) is 0 Å². The molecule has 1 saturated heterocycles. The lowest BCUT2D eigenvalue weighted by Gasteiger charge is -2.08. The van der Waals surface area contributed by atoms with Gasteiger partial charge in [0.2, 0.25) is 0 Å². The Bertz CT molecular complexity index is 268. The molecule has 0 bridgehead atoms. The summed E-state index contributed by atoms with van der Waals surface area (Å²) in [6.07, 6.45) is 2.59. The second kappa shape index (κ2) is 4.06. The summed E-state index contributed by atoms with van der Waals surface area (Å²) in [4.78, 5) is 0. The van der Waals surface area contributed by atoms with Crippen LogP contribution in [0.2, 0.25) is 0 Å². The van der Waals surface area contributed by atoms with Crippen LogP contribution in [0.25, 0.3) is 0 Å². The fourth-order valence-corrected chi connectivity index (χ4v) is 2.74. The average molecular weight is 199 g/mol. The summed E-state index contributed by atoms with van der Waals surface area (Å²) >= 11 is 2.00. The zero-order chi connectivity index (χ0) is 9.10. The third-order valence-electron chi connectivity index (χ3n) is 2.19. The van der Waals surface area contributed by atoms with E-state index in [4.69, 9.17) is 5.73 Å². The Morgan fingerprint density at radius 3 is 3.23 bits per heavy atom. The third-order valence-corrected chi connectivity index (χ3v) is 3.57. The summed E-state index contributed by atoms with van der Waals surface area (Å²) in [5.74, 6) is 2.05. The molecule has 0 radical (unpaired) electrons. The van der Waals surface area contributed by atoms with Gasteiger partial charge in [-0.2, -0.15) is 11.8 Å². The molecule has 1 atom stereocenters. The first-order chi connectivity index (χ1) is 6.40. The van der Waals surface area contributed by atoms with E-state index < -0.39 is 0 Å². The lowest BCUT2D eigenvalue weighted by atomic mass is 10.2. The molecule has 2 rings (SSSR count). The summed E-state index contributed by atoms with van der Waals surface area (Å²) in [7, 11) is 0. The van der Waals surface area contributed by atoms with E-state index in [0.717, 1.165) is 12.4 Å². The van der Waals surface area contributed by atoms with Crippen molar-refractivity contribution in [3.8, 4) is 0 Å². The molecule has 6 heteroatoms. The molecule has 0 aromatic carbocycles. The normalized spacial score (nSPS) is 22.4. The average Bonchev–Trinajstić information content (AvgIpc) is 2.76. The first kappa shape index (κ1) is 8.96. The number of thioether (sulfide) groups is 1. The van der Waals surface area contributed by atoms with Gasteiger partial charge in [0.25, 0.3) is 0 Å². The number of aromatic nitrogens is 4. The number of tetrazole rings is 1. The van der Waals surface area contributed by atoms with Crippen molar-refractivity contribution in [2.24, 2.45) is 5.73 Å². The Labute approximate surface area is 81.1 Å². The Balaban J connectivity index is 1.99. The Morgan fingerprint density at radius 1 is 1.62 bits per heavy atom. The van der Waals surface area contributed by atoms with Crippen LogP contribution in [-0.4, -0.2) is 31.2 Å². The molecule has 0 saturated carbocycles. The van der Waals surface area contributed by atoms with E-state index >= 15 is 0 Å². The molecule has 2 heterocycles. The van der Waals surface area contributed by atoms with Gasteiger partial charge in [-0.1, -0.05) is 0 Å². The highest BCUT2D eigenvalue weighted by molar-refractivity contribution is 8.00. The van der Waals surface area contributed by atoms with Gasteiger partial charge < -0.3 is 5.73 Å². The molecule has 0 spiro atoms. The molecule has 1 aromatic heterocycles. The summed E-state index contributed by atoms with van der Waals surface area (Å²) in [6, 6.07) is 0. The second-order valence-electron chi connectivity index (χ2n) is 3.12. The fourth-order valence-electron chi connectivity index (χ4n) is 1.49. The zero-order valence-corrected chi connectivity index (χ0v) is 8.20. The molecule has 1 aliphatic rings. The number of rotatable bonds is 3. The Hall–Kier alpha value is -0.620. The maximum absolute atomic E-state index is 5.50. The fraction of sp³-hybridized carbons (Fsp3) is 0.857. The summed E-state index contributed by atoms with van der Waals surface area (Å²) in [5, 5.41) is 12.0. The second-order valence-corrected chi connectivity index (χ2v) is 4.52. The highest BCUT2D eigenvalue weighted by Gasteiger charge is 2.17. The highest BCUT2D eigenvalue weighted by atomic mass is 32.2. The summed E-state index contributed by atoms with van der Waals surface area (Å²) in [5.41, 5.74) is 5.50. The zero-order valence-electron chi connectivity index (χ0n) is 7.39. The Morgan fingerprint density at radius 2 is 2.54 bits per heavy atom. The summed E-state index contributed by atoms with van der Waals surface area (Å²) in [6.45, 7) is 1.33. The monoisotopic (exact) mass is 199 g/mol. The standard InChI is InChI=1S/C7H13N5S/c8-4-7-9-10-11-12(7)5-6-2-1-3-13-6/h6H,1-5,8H2. The predicted molar refractivity (Wildman–Crippen MR) is 51.2 cm³/mol. The van der Waals surface area contributed by atoms with E-state index in [2.05, 4.69) is 15.5 Å². The van der Waals surface area contributed by atoms with Gasteiger partial charge in [0.05, 0.1) is 13.1 Å². The number of hydrogen-bond donors (Lipinski definition) is 1. The molecule has 1 unspecified atom stereocenters. The van der Waals surface area contributed by atoms with Gasteiger partial charge in [0, 0.05) is 5.25 Å². The van der Waals surface area contributed by atoms with Crippen molar-refractivity contribution in [3.05, 3.63) is 5.82 Å². The van der Waals surface area contributed by atoms with Crippen LogP contribution in [0.15, 0.2) is 0 Å². The maximum atomic E-state index is 5.50. The van der Waals surface area contributed by atoms with Crippen molar-refractivity contribution in [2.45, 2.75) is 31.2 Å². The van der Waals surface area contributed by atoms with Gasteiger partial charge in [-0.15, -0.1) is 5.10 Å². The lowest BCUT2D eigenvalue weighted by molar-refractivity contribution is 0.540. The molecule has 2 N–H and O–H groups in total. The van der Waals surface area contributed by atoms with Gasteiger partial charge in [0.15, 0.2) is 5.82 Å². The van der Waals surface area contributed by atoms with Crippen molar-refractivity contribution in [2.75, 3.05) is 5.75 Å². The first-order valence-electron chi connectivity index (χ1n) is 4.47. The van der Waals surface area contributed by atoms with Crippen LogP contribution < -0.4 is 5.73 Å². The number of nitrogens with two attached hydrogens (primary N) is 1. The van der Waals surface area contributed by atoms with Crippen LogP contribution in [0.1, 0.15) is 18.7 Å². The molecule has 1 fully saturated rings. The predicted octanol–water partition coefficient (Wildman–Crippen LogP) is 0.0274. The molecule has 0 amide bonds. The van der Waals surface area contributed by atoms with Crippen molar-refractivity contribution >= 4 is 11.8 Å². The molecular weight excluding hydrogens is 186 g/mol. The van der Waals surface area contributed by atoms with E-state index in [-0.39, 0.29) is 0 Å². The van der Waals surface area contributed by atoms with E-state index in [1.165, 1.54) is 18.6 Å². The molecule has 0 aliphatic carbocycles. The van der Waals surface area contributed by atoms with Crippen LogP contribution in [-0.2, 0) is 13.1 Å². The third kappa shape index (κ3) is 2.00. The number of hydrogen-bond acceptors (Lipinski definition) is 5. The van der Waals surface area contributed by atoms with Gasteiger partial charge in [-0.25, -0.2) is 4.68 Å². The van der Waals surface area contributed by atoms with Gasteiger partial charge in [-0.3, -0.25) is 0 Å². The molecule has 13 heavy (non-hydrogen) atoms. The minimum absolute atomic E-state index is 0.421. The smallest absolute Gasteiger partial charge is 0.164 e. The lowest BCUT2D eigenvalue weighted by Crippen LogP contribution is -2.16. The molecule has 1 aliphatic heterocycles. The van der Waals surface area contributed by atoms with Crippen molar-refractivity contribution in [3.63, 3.8) is 0 Å². The van der Waals surface area contributed by atoms with Crippen molar-refractivity contribution in [1.29, 1.82) is 0 Å². The van der Waals surface area contributed by atoms with Crippen LogP contribution in [0.4, 0.5) is 0 Å². The van der Waals surface area contributed by atoms with Gasteiger partial charge in [0.1, 0.15) is 0 Å². The molecular formula is C7H13N5S. The van der Waals surface area contributed by atoms with Crippen LogP contribution in [0.3, 0.4) is 0 Å². The van der Waals surface area contributed by atoms with Crippen LogP contribution >= 0.6 is 11.8 Å². The van der Waals surface area contributed by atoms with Crippen molar-refractivity contribution < 1.29 is 0 Å². The van der Waals surface area contributed by atoms with E-state index in [1.807, 2.05) is 16.4 Å². The topological polar surface area (TPSA) is 69.6 Å². The quantitative estimate of drug-likeness (QED) is 0.743. The molecule has 5 nitrogen and oxygen atoms in total. The minimum Gasteiger partial charge on any atom is -0.324 e. The summed E-state index contributed by atoms with van der Waals surface area (Å²) < 4.78 is 1.82. The Kier molecular flexibility index (Phi) is 2.80. The number of nitrogens with zero attached hydrogens (tertiary/aromatic N) is 4.